The molecule has 148 valence electrons. The van der Waals surface area contributed by atoms with Crippen molar-refractivity contribution in [3.05, 3.63) is 0 Å². The van der Waals surface area contributed by atoms with Gasteiger partial charge in [0, 0.05) is 65.6 Å². The van der Waals surface area contributed by atoms with Gasteiger partial charge in [-0.3, -0.25) is 0 Å². The normalized spacial score (nSPS) is 20.9. The second-order valence-electron chi connectivity index (χ2n) is 7.17. The molecule has 0 aromatic heterocycles. The highest BCUT2D eigenvalue weighted by Crippen LogP contribution is 2.24. The highest BCUT2D eigenvalue weighted by molar-refractivity contribution is 6.67. The lowest BCUT2D eigenvalue weighted by molar-refractivity contribution is 0.173. The van der Waals surface area contributed by atoms with Crippen LogP contribution in [0.1, 0.15) is 26.7 Å². The van der Waals surface area contributed by atoms with Crippen LogP contribution in [0.25, 0.3) is 0 Å². The third-order valence-electron chi connectivity index (χ3n) is 5.30. The third-order valence-corrected chi connectivity index (χ3v) is 9.16. The van der Waals surface area contributed by atoms with E-state index in [1.807, 2.05) is 0 Å². The van der Waals surface area contributed by atoms with Crippen LogP contribution in [0.4, 0.5) is 0 Å². The summed E-state index contributed by atoms with van der Waals surface area (Å²) in [7, 11) is -2.05. The highest BCUT2D eigenvalue weighted by Gasteiger charge is 2.36. The highest BCUT2D eigenvalue weighted by atomic mass is 28.4. The van der Waals surface area contributed by atoms with E-state index in [-0.39, 0.29) is 0 Å². The number of piperazine rings is 2. The van der Waals surface area contributed by atoms with Crippen molar-refractivity contribution in [1.29, 1.82) is 0 Å². The van der Waals surface area contributed by atoms with E-state index in [0.29, 0.717) is 0 Å². The molecule has 0 aromatic rings. The molecule has 0 amide bonds. The van der Waals surface area contributed by atoms with Crippen molar-refractivity contribution in [2.45, 2.75) is 38.8 Å². The number of nitrogens with one attached hydrogen (secondary N) is 2. The van der Waals surface area contributed by atoms with Gasteiger partial charge in [-0.2, -0.15) is 0 Å². The first-order chi connectivity index (χ1) is 12.3. The summed E-state index contributed by atoms with van der Waals surface area (Å²) in [5.74, 6) is 0. The minimum absolute atomic E-state index is 0.785. The van der Waals surface area contributed by atoms with Gasteiger partial charge in [-0.1, -0.05) is 0 Å². The SMILES string of the molecule is CCO[Si](CCCN1CCNCC1)(CCCN1CCNCC1)OCC. The van der Waals surface area contributed by atoms with E-state index in [4.69, 9.17) is 8.85 Å². The maximum atomic E-state index is 6.30. The molecular formula is C18H40N4O2Si. The molecule has 2 N–H and O–H groups in total. The molecule has 0 atom stereocenters. The van der Waals surface area contributed by atoms with Crippen molar-refractivity contribution < 1.29 is 8.85 Å². The summed E-state index contributed by atoms with van der Waals surface area (Å²) in [5, 5.41) is 6.86. The predicted octanol–water partition coefficient (Wildman–Crippen LogP) is 1.09. The fourth-order valence-electron chi connectivity index (χ4n) is 3.99. The topological polar surface area (TPSA) is 49.0 Å². The standard InChI is InChI=1S/C18H40N4O2Si/c1-3-23-25(24-4-2,17-5-11-21-13-7-19-8-14-21)18-6-12-22-15-9-20-10-16-22/h19-20H,3-18H2,1-2H3. The van der Waals surface area contributed by atoms with E-state index in [2.05, 4.69) is 34.3 Å². The summed E-state index contributed by atoms with van der Waals surface area (Å²) in [6, 6.07) is 2.28. The van der Waals surface area contributed by atoms with Crippen LogP contribution in [0.2, 0.25) is 12.1 Å². The lowest BCUT2D eigenvalue weighted by atomic mass is 10.3. The van der Waals surface area contributed by atoms with Crippen molar-refractivity contribution >= 4 is 8.56 Å². The molecule has 0 bridgehead atoms. The Labute approximate surface area is 155 Å². The molecule has 0 saturated carbocycles. The Morgan fingerprint density at radius 3 is 1.48 bits per heavy atom. The van der Waals surface area contributed by atoms with Crippen molar-refractivity contribution in [3.8, 4) is 0 Å². The van der Waals surface area contributed by atoms with Crippen molar-refractivity contribution in [1.82, 2.24) is 20.4 Å². The minimum Gasteiger partial charge on any atom is -0.394 e. The van der Waals surface area contributed by atoms with Gasteiger partial charge in [0.05, 0.1) is 0 Å². The third kappa shape index (κ3) is 8.03. The van der Waals surface area contributed by atoms with Gasteiger partial charge < -0.3 is 29.3 Å². The zero-order valence-electron chi connectivity index (χ0n) is 16.5. The summed E-state index contributed by atoms with van der Waals surface area (Å²) in [6.07, 6.45) is 2.42. The predicted molar refractivity (Wildman–Crippen MR) is 106 cm³/mol. The van der Waals surface area contributed by atoms with Crippen LogP contribution >= 0.6 is 0 Å². The Morgan fingerprint density at radius 1 is 0.720 bits per heavy atom. The zero-order valence-corrected chi connectivity index (χ0v) is 17.5. The average molecular weight is 373 g/mol. The average Bonchev–Trinajstić information content (AvgIpc) is 2.64. The molecule has 0 aliphatic carbocycles. The molecule has 2 fully saturated rings. The molecule has 0 radical (unpaired) electrons. The Morgan fingerprint density at radius 2 is 1.12 bits per heavy atom. The van der Waals surface area contributed by atoms with Gasteiger partial charge in [-0.15, -0.1) is 0 Å². The molecule has 2 aliphatic heterocycles. The maximum Gasteiger partial charge on any atom is 0.338 e. The summed E-state index contributed by atoms with van der Waals surface area (Å²) in [6.45, 7) is 17.4. The van der Waals surface area contributed by atoms with Crippen LogP contribution in [0, 0.1) is 0 Å². The van der Waals surface area contributed by atoms with Gasteiger partial charge in [-0.25, -0.2) is 0 Å². The van der Waals surface area contributed by atoms with Gasteiger partial charge in [0.1, 0.15) is 0 Å². The van der Waals surface area contributed by atoms with Gasteiger partial charge in [0.15, 0.2) is 0 Å². The van der Waals surface area contributed by atoms with Gasteiger partial charge >= 0.3 is 8.56 Å². The number of hydrogen-bond acceptors (Lipinski definition) is 6. The van der Waals surface area contributed by atoms with Crippen LogP contribution in [0.5, 0.6) is 0 Å². The fourth-order valence-corrected chi connectivity index (χ4v) is 7.35. The number of rotatable bonds is 12. The molecule has 2 aliphatic rings. The fraction of sp³-hybridized carbons (Fsp3) is 1.00. The number of hydrogen-bond donors (Lipinski definition) is 2. The van der Waals surface area contributed by atoms with Crippen LogP contribution in [-0.4, -0.2) is 97.0 Å². The van der Waals surface area contributed by atoms with Gasteiger partial charge in [-0.05, 0) is 51.9 Å². The van der Waals surface area contributed by atoms with Crippen molar-refractivity contribution in [3.63, 3.8) is 0 Å². The smallest absolute Gasteiger partial charge is 0.338 e. The lowest BCUT2D eigenvalue weighted by Gasteiger charge is -2.33. The monoisotopic (exact) mass is 372 g/mol. The van der Waals surface area contributed by atoms with E-state index < -0.39 is 8.56 Å². The molecule has 2 rings (SSSR count). The van der Waals surface area contributed by atoms with Crippen LogP contribution in [0.3, 0.4) is 0 Å². The van der Waals surface area contributed by atoms with Crippen LogP contribution in [-0.2, 0) is 8.85 Å². The van der Waals surface area contributed by atoms with E-state index in [1.54, 1.807) is 0 Å². The van der Waals surface area contributed by atoms with Gasteiger partial charge in [0.2, 0.25) is 0 Å². The minimum atomic E-state index is -2.05. The molecule has 0 spiro atoms. The molecule has 0 unspecified atom stereocenters. The van der Waals surface area contributed by atoms with Crippen LogP contribution < -0.4 is 10.6 Å². The molecule has 2 heterocycles. The molecule has 6 nitrogen and oxygen atoms in total. The molecule has 2 saturated heterocycles. The first kappa shape index (κ1) is 21.3. The Kier molecular flexibility index (Phi) is 10.5. The summed E-state index contributed by atoms with van der Waals surface area (Å²) in [4.78, 5) is 5.16. The molecule has 7 heteroatoms. The van der Waals surface area contributed by atoms with E-state index in [9.17, 15) is 0 Å². The largest absolute Gasteiger partial charge is 0.394 e. The summed E-state index contributed by atoms with van der Waals surface area (Å²) < 4.78 is 12.6. The van der Waals surface area contributed by atoms with E-state index in [0.717, 1.165) is 51.5 Å². The summed E-state index contributed by atoms with van der Waals surface area (Å²) in [5.41, 5.74) is 0. The lowest BCUT2D eigenvalue weighted by Crippen LogP contribution is -2.47. The quantitative estimate of drug-likeness (QED) is 0.500. The molecule has 25 heavy (non-hydrogen) atoms. The Hall–Kier alpha value is -0.0231. The first-order valence-corrected chi connectivity index (χ1v) is 12.6. The molecule has 0 aromatic carbocycles. The van der Waals surface area contributed by atoms with Crippen molar-refractivity contribution in [2.24, 2.45) is 0 Å². The van der Waals surface area contributed by atoms with E-state index >= 15 is 0 Å². The second-order valence-corrected chi connectivity index (χ2v) is 10.6. The van der Waals surface area contributed by atoms with Crippen molar-refractivity contribution in [2.75, 3.05) is 78.7 Å². The maximum absolute atomic E-state index is 6.30. The molecular weight excluding hydrogens is 332 g/mol. The number of nitrogens with zero attached hydrogens (tertiary/aromatic N) is 2. The zero-order chi connectivity index (χ0) is 17.8. The summed E-state index contributed by atoms with van der Waals surface area (Å²) >= 11 is 0. The van der Waals surface area contributed by atoms with Crippen LogP contribution in [0.15, 0.2) is 0 Å². The second kappa shape index (κ2) is 12.4. The Balaban J connectivity index is 1.76. The van der Waals surface area contributed by atoms with E-state index in [1.165, 1.54) is 52.1 Å². The Bertz CT molecular complexity index is 305. The first-order valence-electron chi connectivity index (χ1n) is 10.4. The van der Waals surface area contributed by atoms with Gasteiger partial charge in [0.25, 0.3) is 0 Å².